The Morgan fingerprint density at radius 2 is 1.90 bits per heavy atom. The normalized spacial score (nSPS) is 15.1. The molecule has 3 N–H and O–H groups in total. The second-order valence-electron chi connectivity index (χ2n) is 10.3. The van der Waals surface area contributed by atoms with Gasteiger partial charge in [0.25, 0.3) is 11.5 Å². The second kappa shape index (κ2) is 10.5. The van der Waals surface area contributed by atoms with Crippen LogP contribution in [0.25, 0.3) is 28.1 Å². The molecule has 5 heterocycles. The summed E-state index contributed by atoms with van der Waals surface area (Å²) < 4.78 is 8.59. The van der Waals surface area contributed by atoms with Crippen molar-refractivity contribution < 1.29 is 9.53 Å². The predicted octanol–water partition coefficient (Wildman–Crippen LogP) is 3.66. The minimum Gasteiger partial charge on any atom is -0.383 e. The zero-order chi connectivity index (χ0) is 28.7. The average molecular weight is 552 g/mol. The van der Waals surface area contributed by atoms with Crippen LogP contribution < -0.4 is 16.6 Å². The van der Waals surface area contributed by atoms with E-state index in [-0.39, 0.29) is 17.5 Å². The van der Waals surface area contributed by atoms with Gasteiger partial charge in [0, 0.05) is 24.1 Å². The lowest BCUT2D eigenvalue weighted by Gasteiger charge is -2.12. The first-order chi connectivity index (χ1) is 19.8. The van der Waals surface area contributed by atoms with Crippen molar-refractivity contribution in [3.05, 3.63) is 82.2 Å². The molecule has 1 aliphatic rings. The number of benzene rings is 1. The molecule has 1 aromatic carbocycles. The van der Waals surface area contributed by atoms with Crippen LogP contribution in [-0.4, -0.2) is 53.6 Å². The van der Waals surface area contributed by atoms with Crippen LogP contribution in [0.5, 0.6) is 0 Å². The third-order valence-electron chi connectivity index (χ3n) is 7.07. The van der Waals surface area contributed by atoms with Crippen molar-refractivity contribution in [3.63, 3.8) is 0 Å². The highest BCUT2D eigenvalue weighted by molar-refractivity contribution is 6.04. The summed E-state index contributed by atoms with van der Waals surface area (Å²) in [6.45, 7) is 7.02. The highest BCUT2D eigenvalue weighted by Gasteiger charge is 2.25. The maximum Gasteiger partial charge on any atom is 0.285 e. The van der Waals surface area contributed by atoms with Crippen LogP contribution in [0.1, 0.15) is 53.8 Å². The number of nitrogen functional groups attached to an aromatic ring is 1. The third kappa shape index (κ3) is 4.93. The lowest BCUT2D eigenvalue weighted by atomic mass is 10.1. The molecule has 1 aliphatic heterocycles. The Balaban J connectivity index is 1.31. The molecule has 0 saturated carbocycles. The van der Waals surface area contributed by atoms with Crippen LogP contribution in [0, 0.1) is 6.92 Å². The number of hydrogen-bond donors (Lipinski definition) is 2. The van der Waals surface area contributed by atoms with Gasteiger partial charge >= 0.3 is 0 Å². The summed E-state index contributed by atoms with van der Waals surface area (Å²) in [7, 11) is 0. The van der Waals surface area contributed by atoms with E-state index in [1.165, 1.54) is 17.1 Å². The maximum absolute atomic E-state index is 13.3. The topological polar surface area (TPSA) is 156 Å². The number of carbonyl (C=O) groups excluding carboxylic acids is 1. The first kappa shape index (κ1) is 26.3. The molecule has 0 radical (unpaired) electrons. The number of hydrogen-bond acceptors (Lipinski definition) is 9. The van der Waals surface area contributed by atoms with Gasteiger partial charge in [0.15, 0.2) is 11.5 Å². The summed E-state index contributed by atoms with van der Waals surface area (Å²) in [6.07, 6.45) is 3.92. The van der Waals surface area contributed by atoms with Crippen molar-refractivity contribution in [3.8, 4) is 17.1 Å². The summed E-state index contributed by atoms with van der Waals surface area (Å²) in [5.74, 6) is 0.132. The highest BCUT2D eigenvalue weighted by Crippen LogP contribution is 2.33. The molecule has 12 heteroatoms. The molecule has 1 saturated heterocycles. The highest BCUT2D eigenvalue weighted by atomic mass is 16.5. The van der Waals surface area contributed by atoms with Gasteiger partial charge in [-0.3, -0.25) is 9.59 Å². The largest absolute Gasteiger partial charge is 0.383 e. The Kier molecular flexibility index (Phi) is 6.75. The van der Waals surface area contributed by atoms with Crippen LogP contribution in [0.2, 0.25) is 0 Å². The van der Waals surface area contributed by atoms with Crippen molar-refractivity contribution in [2.24, 2.45) is 0 Å². The van der Waals surface area contributed by atoms with E-state index in [0.717, 1.165) is 17.5 Å². The van der Waals surface area contributed by atoms with Gasteiger partial charge in [0.1, 0.15) is 23.4 Å². The van der Waals surface area contributed by atoms with Gasteiger partial charge < -0.3 is 15.8 Å². The van der Waals surface area contributed by atoms with E-state index in [1.54, 1.807) is 24.4 Å². The minimum atomic E-state index is -0.553. The van der Waals surface area contributed by atoms with Crippen LogP contribution in [-0.2, 0) is 4.74 Å². The quantitative estimate of drug-likeness (QED) is 0.321. The molecular formula is C29H29N9O3. The number of ether oxygens (including phenoxy) is 1. The predicted molar refractivity (Wildman–Crippen MR) is 154 cm³/mol. The van der Waals surface area contributed by atoms with Crippen LogP contribution in [0.4, 0.5) is 11.5 Å². The summed E-state index contributed by atoms with van der Waals surface area (Å²) in [4.78, 5) is 39.6. The molecular weight excluding hydrogens is 522 g/mol. The third-order valence-corrected chi connectivity index (χ3v) is 7.07. The zero-order valence-corrected chi connectivity index (χ0v) is 22.9. The van der Waals surface area contributed by atoms with Gasteiger partial charge in [0.05, 0.1) is 23.7 Å². The average Bonchev–Trinajstić information content (AvgIpc) is 3.63. The number of fused-ring (bicyclic) bond motifs is 1. The van der Waals surface area contributed by atoms with Crippen molar-refractivity contribution in [2.75, 3.05) is 24.3 Å². The number of amides is 1. The molecule has 4 aromatic heterocycles. The van der Waals surface area contributed by atoms with Crippen LogP contribution in [0.15, 0.2) is 59.8 Å². The number of aryl methyl sites for hydroxylation is 1. The summed E-state index contributed by atoms with van der Waals surface area (Å²) >= 11 is 0. The molecule has 6 rings (SSSR count). The Morgan fingerprint density at radius 3 is 2.59 bits per heavy atom. The summed E-state index contributed by atoms with van der Waals surface area (Å²) in [5, 5.41) is 12.8. The zero-order valence-electron chi connectivity index (χ0n) is 22.9. The number of nitrogens with one attached hydrogen (secondary N) is 1. The fourth-order valence-corrected chi connectivity index (χ4v) is 4.78. The molecule has 1 amide bonds. The number of nitrogens with zero attached hydrogens (tertiary/aromatic N) is 7. The molecule has 0 spiro atoms. The van der Waals surface area contributed by atoms with Gasteiger partial charge in [-0.05, 0) is 49.1 Å². The molecule has 0 aliphatic carbocycles. The van der Waals surface area contributed by atoms with Gasteiger partial charge in [-0.1, -0.05) is 32.0 Å². The molecule has 5 aromatic rings. The standard InChI is InChI=1S/C29H29N9O3/c1-16(2)22-12-21(29(40)38(35-22)23-9-4-17(3)13-31-23)28(39)34-19-7-5-18(6-8-19)25-24-26(30)32-15-33-27(24)37(36-25)20-10-11-41-14-20/h4-9,12-13,15-16,20H,10-11,14H2,1-3H3,(H,34,39)(H2,30,32,33). The molecule has 1 atom stereocenters. The Morgan fingerprint density at radius 1 is 1.10 bits per heavy atom. The monoisotopic (exact) mass is 551 g/mol. The number of anilines is 2. The van der Waals surface area contributed by atoms with Gasteiger partial charge in [-0.15, -0.1) is 0 Å². The van der Waals surface area contributed by atoms with E-state index in [2.05, 4.69) is 25.4 Å². The SMILES string of the molecule is Cc1ccc(-n2nc(C(C)C)cc(C(=O)Nc3ccc(-c4nn(C5CCOC5)c5ncnc(N)c45)cc3)c2=O)nc1. The van der Waals surface area contributed by atoms with Gasteiger partial charge in [-0.2, -0.15) is 14.9 Å². The van der Waals surface area contributed by atoms with Crippen LogP contribution in [0.3, 0.4) is 0 Å². The fourth-order valence-electron chi connectivity index (χ4n) is 4.78. The second-order valence-corrected chi connectivity index (χ2v) is 10.3. The maximum atomic E-state index is 13.3. The Hall–Kier alpha value is -4.97. The number of rotatable bonds is 6. The van der Waals surface area contributed by atoms with Crippen molar-refractivity contribution in [1.82, 2.24) is 34.5 Å². The number of aromatic nitrogens is 7. The van der Waals surface area contributed by atoms with Crippen molar-refractivity contribution >= 4 is 28.4 Å². The minimum absolute atomic E-state index is 0.0139. The van der Waals surface area contributed by atoms with E-state index >= 15 is 0 Å². The lowest BCUT2D eigenvalue weighted by Crippen LogP contribution is -2.31. The molecule has 1 unspecified atom stereocenters. The van der Waals surface area contributed by atoms with Gasteiger partial charge in [-0.25, -0.2) is 19.6 Å². The lowest BCUT2D eigenvalue weighted by molar-refractivity contribution is 0.102. The van der Waals surface area contributed by atoms with E-state index in [1.807, 2.05) is 43.7 Å². The van der Waals surface area contributed by atoms with Crippen LogP contribution >= 0.6 is 0 Å². The molecule has 0 bridgehead atoms. The Labute approximate surface area is 235 Å². The van der Waals surface area contributed by atoms with E-state index in [9.17, 15) is 9.59 Å². The number of nitrogens with two attached hydrogens (primary N) is 1. The van der Waals surface area contributed by atoms with Gasteiger partial charge in [0.2, 0.25) is 0 Å². The Bertz CT molecular complexity index is 1800. The molecule has 12 nitrogen and oxygen atoms in total. The first-order valence-corrected chi connectivity index (χ1v) is 13.4. The first-order valence-electron chi connectivity index (χ1n) is 13.4. The van der Waals surface area contributed by atoms with E-state index in [4.69, 9.17) is 15.6 Å². The van der Waals surface area contributed by atoms with E-state index < -0.39 is 11.5 Å². The molecule has 41 heavy (non-hydrogen) atoms. The number of pyridine rings is 1. The fraction of sp³-hybridized carbons (Fsp3) is 0.276. The van der Waals surface area contributed by atoms with E-state index in [0.29, 0.717) is 53.0 Å². The summed E-state index contributed by atoms with van der Waals surface area (Å²) in [6, 6.07) is 12.3. The number of carbonyl (C=O) groups is 1. The van der Waals surface area contributed by atoms with Crippen molar-refractivity contribution in [2.45, 2.75) is 39.2 Å². The summed E-state index contributed by atoms with van der Waals surface area (Å²) in [5.41, 5.74) is 9.81. The smallest absolute Gasteiger partial charge is 0.285 e. The molecule has 1 fully saturated rings. The van der Waals surface area contributed by atoms with Crippen molar-refractivity contribution in [1.29, 1.82) is 0 Å². The molecule has 208 valence electrons.